The fourth-order valence-corrected chi connectivity index (χ4v) is 3.08. The summed E-state index contributed by atoms with van der Waals surface area (Å²) in [4.78, 5) is 31.9. The molecular formula is C22H25F2N5O2. The topological polar surface area (TPSA) is 72.2 Å². The highest BCUT2D eigenvalue weighted by molar-refractivity contribution is 5.27. The Hall–Kier alpha value is -3.33. The first kappa shape index (κ1) is 22.4. The van der Waals surface area contributed by atoms with Crippen LogP contribution in [0.3, 0.4) is 0 Å². The van der Waals surface area contributed by atoms with E-state index < -0.39 is 17.2 Å². The average molecular weight is 429 g/mol. The lowest BCUT2D eigenvalue weighted by Gasteiger charge is -2.16. The Kier molecular flexibility index (Phi) is 7.30. The molecular weight excluding hydrogens is 404 g/mol. The Morgan fingerprint density at radius 2 is 1.39 bits per heavy atom. The lowest BCUT2D eigenvalue weighted by molar-refractivity contribution is 0.405. The summed E-state index contributed by atoms with van der Waals surface area (Å²) in [6, 6.07) is 11.3. The van der Waals surface area contributed by atoms with Crippen LogP contribution < -0.4 is 16.7 Å². The lowest BCUT2D eigenvalue weighted by Crippen LogP contribution is -2.43. The quantitative estimate of drug-likeness (QED) is 0.528. The molecule has 0 amide bonds. The summed E-state index contributed by atoms with van der Waals surface area (Å²) in [5.74, 6) is -0.619. The number of nitrogens with one attached hydrogen (secondary N) is 1. The first-order valence-corrected chi connectivity index (χ1v) is 9.92. The van der Waals surface area contributed by atoms with Gasteiger partial charge in [-0.3, -0.25) is 4.57 Å². The van der Waals surface area contributed by atoms with Gasteiger partial charge in [0, 0.05) is 6.54 Å². The van der Waals surface area contributed by atoms with Crippen LogP contribution in [0.15, 0.2) is 58.1 Å². The molecule has 31 heavy (non-hydrogen) atoms. The maximum atomic E-state index is 13.3. The average Bonchev–Trinajstić information content (AvgIpc) is 2.73. The highest BCUT2D eigenvalue weighted by Crippen LogP contribution is 2.08. The summed E-state index contributed by atoms with van der Waals surface area (Å²) < 4.78 is 28.8. The number of hydrogen-bond donors (Lipinski definition) is 1. The zero-order valence-electron chi connectivity index (χ0n) is 17.5. The van der Waals surface area contributed by atoms with Crippen molar-refractivity contribution in [1.82, 2.24) is 19.0 Å². The second kappa shape index (κ2) is 10.1. The highest BCUT2D eigenvalue weighted by atomic mass is 19.1. The molecule has 164 valence electrons. The first-order valence-electron chi connectivity index (χ1n) is 9.92. The summed E-state index contributed by atoms with van der Waals surface area (Å²) in [6.07, 6.45) is 0.790. The van der Waals surface area contributed by atoms with E-state index >= 15 is 0 Å². The van der Waals surface area contributed by atoms with E-state index in [9.17, 15) is 18.4 Å². The van der Waals surface area contributed by atoms with Gasteiger partial charge < -0.3 is 10.2 Å². The van der Waals surface area contributed by atoms with Crippen molar-refractivity contribution < 1.29 is 8.78 Å². The molecule has 1 aromatic heterocycles. The van der Waals surface area contributed by atoms with Crippen molar-refractivity contribution in [3.63, 3.8) is 0 Å². The van der Waals surface area contributed by atoms with Gasteiger partial charge in [0.15, 0.2) is 0 Å². The number of aromatic nitrogens is 3. The molecule has 3 aromatic rings. The third-order valence-corrected chi connectivity index (χ3v) is 4.72. The van der Waals surface area contributed by atoms with Crippen molar-refractivity contribution in [2.45, 2.75) is 19.5 Å². The van der Waals surface area contributed by atoms with E-state index in [0.717, 1.165) is 17.5 Å². The predicted molar refractivity (Wildman–Crippen MR) is 115 cm³/mol. The van der Waals surface area contributed by atoms with Crippen molar-refractivity contribution in [3.8, 4) is 0 Å². The summed E-state index contributed by atoms with van der Waals surface area (Å²) in [5.41, 5.74) is 0.0413. The molecule has 0 fully saturated rings. The number of halogens is 2. The molecule has 0 unspecified atom stereocenters. The molecule has 9 heteroatoms. The Morgan fingerprint density at radius 3 is 1.90 bits per heavy atom. The molecule has 2 aromatic carbocycles. The van der Waals surface area contributed by atoms with E-state index in [1.165, 1.54) is 41.0 Å². The maximum absolute atomic E-state index is 13.3. The zero-order valence-corrected chi connectivity index (χ0v) is 17.5. The van der Waals surface area contributed by atoms with Gasteiger partial charge in [0.25, 0.3) is 0 Å². The normalized spacial score (nSPS) is 11.1. The van der Waals surface area contributed by atoms with Crippen LogP contribution in [0.4, 0.5) is 14.7 Å². The van der Waals surface area contributed by atoms with E-state index in [1.54, 1.807) is 12.1 Å². The zero-order chi connectivity index (χ0) is 22.4. The van der Waals surface area contributed by atoms with Crippen LogP contribution in [-0.2, 0) is 13.1 Å². The van der Waals surface area contributed by atoms with Gasteiger partial charge >= 0.3 is 11.4 Å². The fraction of sp³-hybridized carbons (Fsp3) is 0.318. The standard InChI is InChI=1S/C22H25F2N5O2/c1-27(2)13-3-12-25-20-26-21(30)29(15-17-6-10-19(24)11-7-17)22(31)28(20)14-16-4-8-18(23)9-5-16/h4-11H,3,12-15H2,1-2H3,(H,25,26,30). The van der Waals surface area contributed by atoms with Crippen LogP contribution in [-0.4, -0.2) is 46.2 Å². The lowest BCUT2D eigenvalue weighted by atomic mass is 10.2. The molecule has 0 aliphatic heterocycles. The Morgan fingerprint density at radius 1 is 0.871 bits per heavy atom. The van der Waals surface area contributed by atoms with E-state index in [4.69, 9.17) is 0 Å². The van der Waals surface area contributed by atoms with Crippen molar-refractivity contribution in [2.24, 2.45) is 0 Å². The smallest absolute Gasteiger partial charge is 0.355 e. The molecule has 3 rings (SSSR count). The van der Waals surface area contributed by atoms with Gasteiger partial charge in [0.05, 0.1) is 13.1 Å². The molecule has 0 aliphatic rings. The van der Waals surface area contributed by atoms with E-state index in [1.807, 2.05) is 19.0 Å². The van der Waals surface area contributed by atoms with Gasteiger partial charge in [-0.15, -0.1) is 0 Å². The minimum absolute atomic E-state index is 0.0325. The third kappa shape index (κ3) is 6.08. The molecule has 1 heterocycles. The second-order valence-electron chi connectivity index (χ2n) is 7.51. The molecule has 1 N–H and O–H groups in total. The van der Waals surface area contributed by atoms with E-state index in [-0.39, 0.29) is 24.9 Å². The first-order chi connectivity index (χ1) is 14.8. The Bertz CT molecular complexity index is 1120. The second-order valence-corrected chi connectivity index (χ2v) is 7.51. The summed E-state index contributed by atoms with van der Waals surface area (Å²) in [6.45, 7) is 1.44. The van der Waals surface area contributed by atoms with Crippen molar-refractivity contribution >= 4 is 5.95 Å². The fourth-order valence-electron chi connectivity index (χ4n) is 3.08. The summed E-state index contributed by atoms with van der Waals surface area (Å²) in [5, 5.41) is 3.07. The molecule has 7 nitrogen and oxygen atoms in total. The molecule has 0 radical (unpaired) electrons. The van der Waals surface area contributed by atoms with Crippen LogP contribution in [0.5, 0.6) is 0 Å². The summed E-state index contributed by atoms with van der Waals surface area (Å²) >= 11 is 0. The Balaban J connectivity index is 1.95. The minimum atomic E-state index is -0.695. The molecule has 0 bridgehead atoms. The van der Waals surface area contributed by atoms with Gasteiger partial charge in [0.2, 0.25) is 5.95 Å². The van der Waals surface area contributed by atoms with Crippen LogP contribution >= 0.6 is 0 Å². The largest absolute Gasteiger partial charge is 0.355 e. The summed E-state index contributed by atoms with van der Waals surface area (Å²) in [7, 11) is 3.92. The van der Waals surface area contributed by atoms with E-state index in [0.29, 0.717) is 17.7 Å². The third-order valence-electron chi connectivity index (χ3n) is 4.72. The van der Waals surface area contributed by atoms with Gasteiger partial charge in [-0.25, -0.2) is 22.9 Å². The molecule has 0 atom stereocenters. The Labute approximate surface area is 178 Å². The number of anilines is 1. The number of nitrogens with zero attached hydrogens (tertiary/aromatic N) is 4. The van der Waals surface area contributed by atoms with Gasteiger partial charge in [-0.05, 0) is 62.5 Å². The van der Waals surface area contributed by atoms with Crippen molar-refractivity contribution in [2.75, 3.05) is 32.5 Å². The van der Waals surface area contributed by atoms with Crippen LogP contribution in [0.1, 0.15) is 17.5 Å². The van der Waals surface area contributed by atoms with Crippen LogP contribution in [0, 0.1) is 11.6 Å². The molecule has 0 aliphatic carbocycles. The van der Waals surface area contributed by atoms with Gasteiger partial charge in [-0.1, -0.05) is 24.3 Å². The van der Waals surface area contributed by atoms with Gasteiger partial charge in [-0.2, -0.15) is 4.98 Å². The minimum Gasteiger partial charge on any atom is -0.355 e. The number of benzene rings is 2. The molecule has 0 spiro atoms. The monoisotopic (exact) mass is 429 g/mol. The van der Waals surface area contributed by atoms with Crippen molar-refractivity contribution in [1.29, 1.82) is 0 Å². The molecule has 0 saturated heterocycles. The van der Waals surface area contributed by atoms with Crippen molar-refractivity contribution in [3.05, 3.63) is 92.3 Å². The van der Waals surface area contributed by atoms with Crippen LogP contribution in [0.25, 0.3) is 0 Å². The maximum Gasteiger partial charge on any atom is 0.355 e. The molecule has 0 saturated carbocycles. The van der Waals surface area contributed by atoms with Gasteiger partial charge in [0.1, 0.15) is 11.6 Å². The predicted octanol–water partition coefficient (Wildman–Crippen LogP) is 2.14. The number of rotatable bonds is 9. The SMILES string of the molecule is CN(C)CCCNc1nc(=O)n(Cc2ccc(F)cc2)c(=O)n1Cc1ccc(F)cc1. The van der Waals surface area contributed by atoms with Crippen LogP contribution in [0.2, 0.25) is 0 Å². The number of hydrogen-bond acceptors (Lipinski definition) is 5. The van der Waals surface area contributed by atoms with E-state index in [2.05, 4.69) is 10.3 Å². The highest BCUT2D eigenvalue weighted by Gasteiger charge is 2.14.